The zero-order valence-corrected chi connectivity index (χ0v) is 16.4. The molecule has 6 nitrogen and oxygen atoms in total. The van der Waals surface area contributed by atoms with E-state index in [1.807, 2.05) is 19.1 Å². The molecule has 0 aliphatic rings. The predicted molar refractivity (Wildman–Crippen MR) is 104 cm³/mol. The molecule has 0 radical (unpaired) electrons. The van der Waals surface area contributed by atoms with E-state index >= 15 is 0 Å². The van der Waals surface area contributed by atoms with E-state index in [1.165, 1.54) is 6.21 Å². The van der Waals surface area contributed by atoms with E-state index in [2.05, 4.69) is 47.7 Å². The lowest BCUT2D eigenvalue weighted by atomic mass is 10.2. The van der Waals surface area contributed by atoms with Gasteiger partial charge in [-0.15, -0.1) is 0 Å². The van der Waals surface area contributed by atoms with Crippen LogP contribution < -0.4 is 10.7 Å². The number of phenols is 1. The molecule has 0 aromatic heterocycles. The van der Waals surface area contributed by atoms with Crippen molar-refractivity contribution < 1.29 is 14.7 Å². The molecule has 0 aliphatic heterocycles. The standard InChI is InChI=1S/C17H15Br2N3O3/c1-10-2-4-12(5-3-10)21-15(23)8-16(24)22-20-9-11-6-13(18)17(25)14(19)7-11/h2-7,9,25H,8H2,1H3,(H,21,23)(H,22,24)/b20-9+. The number of anilines is 1. The number of aromatic hydroxyl groups is 1. The zero-order valence-electron chi connectivity index (χ0n) is 13.2. The molecule has 0 bridgehead atoms. The van der Waals surface area contributed by atoms with E-state index in [-0.39, 0.29) is 12.2 Å². The van der Waals surface area contributed by atoms with E-state index < -0.39 is 11.8 Å². The van der Waals surface area contributed by atoms with Crippen LogP contribution in [0.15, 0.2) is 50.4 Å². The van der Waals surface area contributed by atoms with Crippen molar-refractivity contribution in [3.63, 3.8) is 0 Å². The van der Waals surface area contributed by atoms with Gasteiger partial charge in [0.2, 0.25) is 11.8 Å². The fraction of sp³-hybridized carbons (Fsp3) is 0.118. The van der Waals surface area contributed by atoms with E-state index in [0.717, 1.165) is 5.56 Å². The van der Waals surface area contributed by atoms with Crippen LogP contribution in [0.5, 0.6) is 5.75 Å². The Morgan fingerprint density at radius 2 is 1.72 bits per heavy atom. The maximum absolute atomic E-state index is 11.8. The molecule has 0 saturated heterocycles. The average molecular weight is 469 g/mol. The molecule has 0 heterocycles. The van der Waals surface area contributed by atoms with E-state index in [4.69, 9.17) is 0 Å². The SMILES string of the molecule is Cc1ccc(NC(=O)CC(=O)N/N=C/c2cc(Br)c(O)c(Br)c2)cc1. The van der Waals surface area contributed by atoms with Crippen LogP contribution in [0.3, 0.4) is 0 Å². The molecule has 130 valence electrons. The van der Waals surface area contributed by atoms with Crippen LogP contribution in [0.4, 0.5) is 5.69 Å². The van der Waals surface area contributed by atoms with Gasteiger partial charge in [-0.1, -0.05) is 17.7 Å². The fourth-order valence-corrected chi connectivity index (χ4v) is 3.09. The third-order valence-electron chi connectivity index (χ3n) is 3.10. The van der Waals surface area contributed by atoms with Gasteiger partial charge in [-0.3, -0.25) is 9.59 Å². The van der Waals surface area contributed by atoms with Crippen LogP contribution in [0.1, 0.15) is 17.5 Å². The van der Waals surface area contributed by atoms with E-state index in [1.54, 1.807) is 24.3 Å². The highest BCUT2D eigenvalue weighted by molar-refractivity contribution is 9.11. The number of hydrazone groups is 1. The second-order valence-electron chi connectivity index (χ2n) is 5.22. The van der Waals surface area contributed by atoms with Crippen LogP contribution in [-0.2, 0) is 9.59 Å². The molecule has 0 aliphatic carbocycles. The minimum atomic E-state index is -0.530. The number of benzene rings is 2. The highest BCUT2D eigenvalue weighted by atomic mass is 79.9. The second-order valence-corrected chi connectivity index (χ2v) is 6.93. The summed E-state index contributed by atoms with van der Waals surface area (Å²) in [7, 11) is 0. The van der Waals surface area contributed by atoms with Crippen molar-refractivity contribution in [1.29, 1.82) is 0 Å². The lowest BCUT2D eigenvalue weighted by molar-refractivity contribution is -0.126. The summed E-state index contributed by atoms with van der Waals surface area (Å²) in [5.41, 5.74) is 4.65. The number of carbonyl (C=O) groups is 2. The summed E-state index contributed by atoms with van der Waals surface area (Å²) < 4.78 is 0.985. The quantitative estimate of drug-likeness (QED) is 0.355. The Hall–Kier alpha value is -2.19. The van der Waals surface area contributed by atoms with Crippen molar-refractivity contribution in [3.8, 4) is 5.75 Å². The van der Waals surface area contributed by atoms with Crippen molar-refractivity contribution in [3.05, 3.63) is 56.5 Å². The van der Waals surface area contributed by atoms with Gasteiger partial charge < -0.3 is 10.4 Å². The first-order valence-electron chi connectivity index (χ1n) is 7.21. The molecule has 2 amide bonds. The number of hydrogen-bond donors (Lipinski definition) is 3. The van der Waals surface area contributed by atoms with Gasteiger partial charge in [0, 0.05) is 5.69 Å². The Bertz CT molecular complexity index is 797. The Morgan fingerprint density at radius 3 is 2.32 bits per heavy atom. The molecule has 0 fully saturated rings. The molecule has 0 unspecified atom stereocenters. The predicted octanol–water partition coefficient (Wildman–Crippen LogP) is 3.70. The first-order valence-corrected chi connectivity index (χ1v) is 8.80. The summed E-state index contributed by atoms with van der Waals surface area (Å²) >= 11 is 6.41. The van der Waals surface area contributed by atoms with Crippen molar-refractivity contribution in [2.24, 2.45) is 5.10 Å². The van der Waals surface area contributed by atoms with Crippen molar-refractivity contribution >= 4 is 55.6 Å². The zero-order chi connectivity index (χ0) is 18.4. The number of halogens is 2. The maximum atomic E-state index is 11.8. The van der Waals surface area contributed by atoms with Crippen LogP contribution in [0.2, 0.25) is 0 Å². The van der Waals surface area contributed by atoms with Gasteiger partial charge in [0.1, 0.15) is 12.2 Å². The first kappa shape index (κ1) is 19.1. The van der Waals surface area contributed by atoms with Crippen LogP contribution in [-0.4, -0.2) is 23.1 Å². The van der Waals surface area contributed by atoms with Gasteiger partial charge in [0.05, 0.1) is 15.2 Å². The van der Waals surface area contributed by atoms with Gasteiger partial charge >= 0.3 is 0 Å². The van der Waals surface area contributed by atoms with Crippen molar-refractivity contribution in [2.75, 3.05) is 5.32 Å². The average Bonchev–Trinajstić information content (AvgIpc) is 2.54. The molecule has 0 atom stereocenters. The Kier molecular flexibility index (Phi) is 6.72. The lowest BCUT2D eigenvalue weighted by Crippen LogP contribution is -2.24. The molecule has 0 spiro atoms. The topological polar surface area (TPSA) is 90.8 Å². The minimum absolute atomic E-state index is 0.0777. The third kappa shape index (κ3) is 5.99. The number of nitrogens with one attached hydrogen (secondary N) is 2. The van der Waals surface area contributed by atoms with Gasteiger partial charge in [-0.2, -0.15) is 5.10 Å². The van der Waals surface area contributed by atoms with Gasteiger partial charge in [0.15, 0.2) is 0 Å². The summed E-state index contributed by atoms with van der Waals surface area (Å²) in [6.07, 6.45) is 1.07. The number of nitrogens with zero attached hydrogens (tertiary/aromatic N) is 1. The number of hydrogen-bond acceptors (Lipinski definition) is 4. The highest BCUT2D eigenvalue weighted by Crippen LogP contribution is 2.32. The monoisotopic (exact) mass is 467 g/mol. The lowest BCUT2D eigenvalue weighted by Gasteiger charge is -2.05. The summed E-state index contributed by atoms with van der Waals surface area (Å²) in [5.74, 6) is -0.876. The molecular formula is C17H15Br2N3O3. The van der Waals surface area contributed by atoms with Crippen molar-refractivity contribution in [2.45, 2.75) is 13.3 Å². The smallest absolute Gasteiger partial charge is 0.249 e. The first-order chi connectivity index (χ1) is 11.8. The maximum Gasteiger partial charge on any atom is 0.249 e. The second kappa shape index (κ2) is 8.77. The summed E-state index contributed by atoms with van der Waals surface area (Å²) in [6.45, 7) is 1.95. The number of phenolic OH excluding ortho intramolecular Hbond substituents is 1. The Morgan fingerprint density at radius 1 is 1.12 bits per heavy atom. The fourth-order valence-electron chi connectivity index (χ4n) is 1.87. The normalized spacial score (nSPS) is 10.7. The largest absolute Gasteiger partial charge is 0.506 e. The van der Waals surface area contributed by atoms with Crippen LogP contribution in [0, 0.1) is 6.92 Å². The molecular weight excluding hydrogens is 454 g/mol. The number of amides is 2. The van der Waals surface area contributed by atoms with Gasteiger partial charge in [-0.25, -0.2) is 5.43 Å². The molecule has 3 N–H and O–H groups in total. The Labute approximate surface area is 161 Å². The van der Waals surface area contributed by atoms with Gasteiger partial charge in [-0.05, 0) is 68.6 Å². The highest BCUT2D eigenvalue weighted by Gasteiger charge is 2.09. The number of carbonyl (C=O) groups excluding carboxylic acids is 2. The van der Waals surface area contributed by atoms with Crippen molar-refractivity contribution in [1.82, 2.24) is 5.43 Å². The number of aryl methyl sites for hydroxylation is 1. The molecule has 25 heavy (non-hydrogen) atoms. The Balaban J connectivity index is 1.85. The molecule has 0 saturated carbocycles. The van der Waals surface area contributed by atoms with Crippen LogP contribution >= 0.6 is 31.9 Å². The third-order valence-corrected chi connectivity index (χ3v) is 4.31. The molecule has 2 aromatic rings. The summed E-state index contributed by atoms with van der Waals surface area (Å²) in [6, 6.07) is 10.6. The van der Waals surface area contributed by atoms with Gasteiger partial charge in [0.25, 0.3) is 0 Å². The summed E-state index contributed by atoms with van der Waals surface area (Å²) in [5, 5.41) is 16.1. The summed E-state index contributed by atoms with van der Waals surface area (Å²) in [4.78, 5) is 23.5. The van der Waals surface area contributed by atoms with E-state index in [9.17, 15) is 14.7 Å². The minimum Gasteiger partial charge on any atom is -0.506 e. The van der Waals surface area contributed by atoms with Crippen LogP contribution in [0.25, 0.3) is 0 Å². The molecule has 8 heteroatoms. The van der Waals surface area contributed by atoms with E-state index in [0.29, 0.717) is 20.2 Å². The molecule has 2 aromatic carbocycles. The number of rotatable bonds is 5. The molecule has 2 rings (SSSR count).